The zero-order chi connectivity index (χ0) is 20.0. The molecular weight excluding hydrogens is 422 g/mol. The number of fused-ring (bicyclic) bond motifs is 3. The SMILES string of the molecule is CCc1ccc2ncc3c(-c4cccc(Br)c4)nn(-c4ccc(C)cc4)c3c2c1. The highest BCUT2D eigenvalue weighted by atomic mass is 79.9. The van der Waals surface area contributed by atoms with Gasteiger partial charge in [0.2, 0.25) is 0 Å². The lowest BCUT2D eigenvalue weighted by atomic mass is 10.0. The molecule has 0 saturated carbocycles. The van der Waals surface area contributed by atoms with Crippen molar-refractivity contribution in [2.45, 2.75) is 20.3 Å². The molecule has 0 aliphatic carbocycles. The molecule has 29 heavy (non-hydrogen) atoms. The number of benzene rings is 3. The Morgan fingerprint density at radius 3 is 2.52 bits per heavy atom. The maximum Gasteiger partial charge on any atom is 0.102 e. The summed E-state index contributed by atoms with van der Waals surface area (Å²) in [5, 5.41) is 7.26. The van der Waals surface area contributed by atoms with E-state index in [1.54, 1.807) is 0 Å². The molecule has 3 nitrogen and oxygen atoms in total. The molecule has 0 fully saturated rings. The van der Waals surface area contributed by atoms with E-state index in [0.29, 0.717) is 0 Å². The van der Waals surface area contributed by atoms with Gasteiger partial charge in [0.15, 0.2) is 0 Å². The maximum absolute atomic E-state index is 5.06. The van der Waals surface area contributed by atoms with Crippen LogP contribution in [0.2, 0.25) is 0 Å². The van der Waals surface area contributed by atoms with Crippen LogP contribution in [0.4, 0.5) is 0 Å². The highest BCUT2D eigenvalue weighted by Crippen LogP contribution is 2.35. The van der Waals surface area contributed by atoms with E-state index in [2.05, 4.69) is 89.1 Å². The van der Waals surface area contributed by atoms with E-state index in [1.807, 2.05) is 18.3 Å². The molecule has 0 N–H and O–H groups in total. The predicted molar refractivity (Wildman–Crippen MR) is 124 cm³/mol. The first-order valence-corrected chi connectivity index (χ1v) is 10.6. The second-order valence-electron chi connectivity index (χ2n) is 7.33. The summed E-state index contributed by atoms with van der Waals surface area (Å²) < 4.78 is 3.10. The molecule has 0 aliphatic rings. The minimum atomic E-state index is 0.943. The van der Waals surface area contributed by atoms with Crippen molar-refractivity contribution in [3.05, 3.63) is 88.5 Å². The van der Waals surface area contributed by atoms with E-state index >= 15 is 0 Å². The number of pyridine rings is 1. The van der Waals surface area contributed by atoms with Gasteiger partial charge in [-0.05, 0) is 55.3 Å². The third-order valence-electron chi connectivity index (χ3n) is 5.36. The second-order valence-corrected chi connectivity index (χ2v) is 8.25. The second kappa shape index (κ2) is 7.12. The van der Waals surface area contributed by atoms with Crippen molar-refractivity contribution in [2.24, 2.45) is 0 Å². The molecule has 0 spiro atoms. The van der Waals surface area contributed by atoms with Gasteiger partial charge in [-0.2, -0.15) is 5.10 Å². The fourth-order valence-electron chi connectivity index (χ4n) is 3.77. The third-order valence-corrected chi connectivity index (χ3v) is 5.85. The van der Waals surface area contributed by atoms with Gasteiger partial charge in [0.1, 0.15) is 5.69 Å². The van der Waals surface area contributed by atoms with Crippen molar-refractivity contribution < 1.29 is 0 Å². The number of rotatable bonds is 3. The number of nitrogens with zero attached hydrogens (tertiary/aromatic N) is 3. The summed E-state index contributed by atoms with van der Waals surface area (Å²) in [6.45, 7) is 4.28. The molecule has 0 saturated heterocycles. The predicted octanol–water partition coefficient (Wildman–Crippen LogP) is 6.87. The van der Waals surface area contributed by atoms with Gasteiger partial charge in [0, 0.05) is 27.0 Å². The van der Waals surface area contributed by atoms with Crippen molar-refractivity contribution in [3.63, 3.8) is 0 Å². The zero-order valence-corrected chi connectivity index (χ0v) is 17.9. The summed E-state index contributed by atoms with van der Waals surface area (Å²) in [7, 11) is 0. The Bertz CT molecular complexity index is 1350. The number of aromatic nitrogens is 3. The molecule has 5 aromatic rings. The van der Waals surface area contributed by atoms with Crippen molar-refractivity contribution in [1.82, 2.24) is 14.8 Å². The first kappa shape index (κ1) is 18.1. The first-order chi connectivity index (χ1) is 14.1. The molecule has 3 aromatic carbocycles. The molecule has 0 amide bonds. The number of hydrogen-bond donors (Lipinski definition) is 0. The summed E-state index contributed by atoms with van der Waals surface area (Å²) in [5.41, 5.74) is 7.69. The van der Waals surface area contributed by atoms with Crippen LogP contribution in [0.25, 0.3) is 38.8 Å². The van der Waals surface area contributed by atoms with Gasteiger partial charge in [-0.3, -0.25) is 4.98 Å². The zero-order valence-electron chi connectivity index (χ0n) is 16.4. The maximum atomic E-state index is 5.06. The van der Waals surface area contributed by atoms with Crippen LogP contribution >= 0.6 is 15.9 Å². The molecule has 0 unspecified atom stereocenters. The molecule has 0 bridgehead atoms. The summed E-state index contributed by atoms with van der Waals surface area (Å²) in [6.07, 6.45) is 2.95. The Morgan fingerprint density at radius 2 is 1.76 bits per heavy atom. The summed E-state index contributed by atoms with van der Waals surface area (Å²) in [5.74, 6) is 0. The van der Waals surface area contributed by atoms with Crippen LogP contribution in [0, 0.1) is 6.92 Å². The average Bonchev–Trinajstić information content (AvgIpc) is 3.14. The number of halogens is 1. The van der Waals surface area contributed by atoms with Crippen LogP contribution in [0.5, 0.6) is 0 Å². The minimum absolute atomic E-state index is 0.943. The summed E-state index contributed by atoms with van der Waals surface area (Å²) >= 11 is 3.59. The smallest absolute Gasteiger partial charge is 0.102 e. The first-order valence-electron chi connectivity index (χ1n) is 9.77. The van der Waals surface area contributed by atoms with E-state index in [0.717, 1.165) is 49.6 Å². The lowest BCUT2D eigenvalue weighted by Crippen LogP contribution is -1.97. The van der Waals surface area contributed by atoms with Gasteiger partial charge >= 0.3 is 0 Å². The highest BCUT2D eigenvalue weighted by Gasteiger charge is 2.17. The van der Waals surface area contributed by atoms with Gasteiger partial charge in [0.25, 0.3) is 0 Å². The fraction of sp³-hybridized carbons (Fsp3) is 0.120. The molecule has 0 aliphatic heterocycles. The third kappa shape index (κ3) is 3.14. The molecular formula is C25H20BrN3. The van der Waals surface area contributed by atoms with Gasteiger partial charge in [-0.1, -0.05) is 58.7 Å². The van der Waals surface area contributed by atoms with Gasteiger partial charge in [-0.15, -0.1) is 0 Å². The lowest BCUT2D eigenvalue weighted by Gasteiger charge is -2.07. The normalized spacial score (nSPS) is 11.4. The Balaban J connectivity index is 1.90. The highest BCUT2D eigenvalue weighted by molar-refractivity contribution is 9.10. The topological polar surface area (TPSA) is 30.7 Å². The average molecular weight is 442 g/mol. The van der Waals surface area contributed by atoms with Gasteiger partial charge in [-0.25, -0.2) is 4.68 Å². The Labute approximate surface area is 178 Å². The van der Waals surface area contributed by atoms with E-state index in [4.69, 9.17) is 10.1 Å². The van der Waals surface area contributed by atoms with Crippen molar-refractivity contribution >= 4 is 37.7 Å². The quantitative estimate of drug-likeness (QED) is 0.305. The molecule has 142 valence electrons. The molecule has 2 aromatic heterocycles. The monoisotopic (exact) mass is 441 g/mol. The van der Waals surface area contributed by atoms with Crippen molar-refractivity contribution in [3.8, 4) is 16.9 Å². The van der Waals surface area contributed by atoms with Crippen LogP contribution in [0.3, 0.4) is 0 Å². The van der Waals surface area contributed by atoms with Gasteiger partial charge < -0.3 is 0 Å². The standard InChI is InChI=1S/C25H20BrN3/c1-3-17-9-12-23-21(13-17)25-22(15-27-23)24(18-5-4-6-19(26)14-18)28-29(25)20-10-7-16(2)8-11-20/h4-15H,3H2,1-2H3. The number of hydrogen-bond acceptors (Lipinski definition) is 2. The van der Waals surface area contributed by atoms with Gasteiger partial charge in [0.05, 0.1) is 16.7 Å². The van der Waals surface area contributed by atoms with Crippen LogP contribution in [0.1, 0.15) is 18.1 Å². The van der Waals surface area contributed by atoms with Crippen molar-refractivity contribution in [1.29, 1.82) is 0 Å². The van der Waals surface area contributed by atoms with E-state index in [1.165, 1.54) is 11.1 Å². The molecule has 2 heterocycles. The van der Waals surface area contributed by atoms with E-state index in [-0.39, 0.29) is 0 Å². The Hall–Kier alpha value is -2.98. The minimum Gasteiger partial charge on any atom is -0.255 e. The van der Waals surface area contributed by atoms with E-state index in [9.17, 15) is 0 Å². The van der Waals surface area contributed by atoms with Crippen LogP contribution < -0.4 is 0 Å². The Morgan fingerprint density at radius 1 is 0.931 bits per heavy atom. The fourth-order valence-corrected chi connectivity index (χ4v) is 4.17. The molecule has 5 rings (SSSR count). The largest absolute Gasteiger partial charge is 0.255 e. The summed E-state index contributed by atoms with van der Waals surface area (Å²) in [4.78, 5) is 4.75. The lowest BCUT2D eigenvalue weighted by molar-refractivity contribution is 0.917. The van der Waals surface area contributed by atoms with E-state index < -0.39 is 0 Å². The molecule has 0 atom stereocenters. The van der Waals surface area contributed by atoms with Crippen LogP contribution in [-0.4, -0.2) is 14.8 Å². The molecule has 4 heteroatoms. The summed E-state index contributed by atoms with van der Waals surface area (Å²) in [6, 6.07) is 23.3. The number of aryl methyl sites for hydroxylation is 2. The van der Waals surface area contributed by atoms with Crippen LogP contribution in [0.15, 0.2) is 77.4 Å². The van der Waals surface area contributed by atoms with Crippen LogP contribution in [-0.2, 0) is 6.42 Å². The Kier molecular flexibility index (Phi) is 4.44. The molecule has 0 radical (unpaired) electrons. The van der Waals surface area contributed by atoms with Crippen molar-refractivity contribution in [2.75, 3.05) is 0 Å².